The van der Waals surface area contributed by atoms with Crippen LogP contribution in [-0.4, -0.2) is 58.9 Å². The second kappa shape index (κ2) is 11.1. The molecule has 2 aliphatic rings. The topological polar surface area (TPSA) is 84.9 Å². The number of likely N-dealkylation sites (tertiary alicyclic amines) is 1. The van der Waals surface area contributed by atoms with Crippen LogP contribution in [0.4, 0.5) is 4.39 Å². The Hall–Kier alpha value is -2.49. The van der Waals surface area contributed by atoms with E-state index in [0.717, 1.165) is 50.6 Å². The van der Waals surface area contributed by atoms with Crippen molar-refractivity contribution >= 4 is 15.9 Å². The zero-order valence-corrected chi connectivity index (χ0v) is 21.0. The SMILES string of the molecule is COCC(c1ccccc1)N1CCC(COc2cc(F)c(C(=O)NS(C)(=O)=O)cc2C2CC2)CC1. The Morgan fingerprint density at radius 1 is 1.14 bits per heavy atom. The van der Waals surface area contributed by atoms with Crippen molar-refractivity contribution < 1.29 is 27.1 Å². The van der Waals surface area contributed by atoms with Crippen LogP contribution in [0.1, 0.15) is 59.1 Å². The summed E-state index contributed by atoms with van der Waals surface area (Å²) < 4.78 is 50.9. The molecule has 9 heteroatoms. The Bertz CT molecular complexity index is 1130. The van der Waals surface area contributed by atoms with E-state index in [0.29, 0.717) is 24.9 Å². The first-order valence-electron chi connectivity index (χ1n) is 12.0. The lowest BCUT2D eigenvalue weighted by atomic mass is 9.95. The maximum atomic E-state index is 14.7. The van der Waals surface area contributed by atoms with E-state index in [-0.39, 0.29) is 17.5 Å². The Kier molecular flexibility index (Phi) is 8.09. The zero-order valence-electron chi connectivity index (χ0n) is 20.2. The van der Waals surface area contributed by atoms with E-state index in [1.54, 1.807) is 7.11 Å². The lowest BCUT2D eigenvalue weighted by molar-refractivity contribution is 0.0556. The molecule has 0 spiro atoms. The highest BCUT2D eigenvalue weighted by atomic mass is 32.2. The van der Waals surface area contributed by atoms with Gasteiger partial charge in [0.1, 0.15) is 11.6 Å². The van der Waals surface area contributed by atoms with Gasteiger partial charge in [-0.25, -0.2) is 17.5 Å². The standard InChI is InChI=1S/C26H33FN2O5S/c1-33-17-24(20-6-4-3-5-7-20)29-12-10-18(11-13-29)16-34-25-15-23(27)22(14-21(25)19-8-9-19)26(30)28-35(2,31)32/h3-7,14-15,18-19,24H,8-13,16-17H2,1-2H3,(H,28,30). The molecule has 0 radical (unpaired) electrons. The van der Waals surface area contributed by atoms with E-state index in [1.807, 2.05) is 22.9 Å². The fraction of sp³-hybridized carbons (Fsp3) is 0.500. The van der Waals surface area contributed by atoms with Crippen LogP contribution < -0.4 is 9.46 Å². The molecule has 1 amide bonds. The van der Waals surface area contributed by atoms with Crippen LogP contribution in [0.15, 0.2) is 42.5 Å². The number of sulfonamides is 1. The molecule has 1 atom stereocenters. The minimum absolute atomic E-state index is 0.206. The van der Waals surface area contributed by atoms with Crippen LogP contribution in [-0.2, 0) is 14.8 Å². The summed E-state index contributed by atoms with van der Waals surface area (Å²) in [7, 11) is -2.06. The first-order chi connectivity index (χ1) is 16.7. The number of carbonyl (C=O) groups excluding carboxylic acids is 1. The number of rotatable bonds is 10. The van der Waals surface area contributed by atoms with Gasteiger partial charge >= 0.3 is 0 Å². The summed E-state index contributed by atoms with van der Waals surface area (Å²) in [6, 6.07) is 13.3. The predicted molar refractivity (Wildman–Crippen MR) is 132 cm³/mol. The van der Waals surface area contributed by atoms with Crippen LogP contribution in [0, 0.1) is 11.7 Å². The Balaban J connectivity index is 1.38. The van der Waals surface area contributed by atoms with Crippen LogP contribution in [0.25, 0.3) is 0 Å². The van der Waals surface area contributed by atoms with Gasteiger partial charge in [-0.3, -0.25) is 9.69 Å². The van der Waals surface area contributed by atoms with Gasteiger partial charge in [-0.15, -0.1) is 0 Å². The van der Waals surface area contributed by atoms with Gasteiger partial charge in [0.2, 0.25) is 10.0 Å². The minimum Gasteiger partial charge on any atom is -0.493 e. The van der Waals surface area contributed by atoms with E-state index >= 15 is 0 Å². The number of hydrogen-bond acceptors (Lipinski definition) is 6. The van der Waals surface area contributed by atoms with Gasteiger partial charge in [0, 0.05) is 13.2 Å². The van der Waals surface area contributed by atoms with Crippen LogP contribution >= 0.6 is 0 Å². The van der Waals surface area contributed by atoms with Gasteiger partial charge in [-0.05, 0) is 67.8 Å². The van der Waals surface area contributed by atoms with Gasteiger partial charge < -0.3 is 9.47 Å². The largest absolute Gasteiger partial charge is 0.493 e. The number of amides is 1. The molecule has 1 aliphatic heterocycles. The number of nitrogens with zero attached hydrogens (tertiary/aromatic N) is 1. The fourth-order valence-electron chi connectivity index (χ4n) is 4.69. The predicted octanol–water partition coefficient (Wildman–Crippen LogP) is 3.87. The van der Waals surface area contributed by atoms with E-state index < -0.39 is 21.7 Å². The van der Waals surface area contributed by atoms with Gasteiger partial charge in [-0.1, -0.05) is 30.3 Å². The summed E-state index contributed by atoms with van der Waals surface area (Å²) in [4.78, 5) is 14.7. The molecule has 4 rings (SSSR count). The summed E-state index contributed by atoms with van der Waals surface area (Å²) in [6.45, 7) is 2.95. The highest BCUT2D eigenvalue weighted by Crippen LogP contribution is 2.45. The first kappa shape index (κ1) is 25.6. The summed E-state index contributed by atoms with van der Waals surface area (Å²) in [6.07, 6.45) is 4.67. The molecule has 2 aromatic rings. The van der Waals surface area contributed by atoms with Crippen molar-refractivity contribution in [3.05, 3.63) is 65.0 Å². The van der Waals surface area contributed by atoms with Gasteiger partial charge in [0.25, 0.3) is 5.91 Å². The molecule has 1 heterocycles. The maximum absolute atomic E-state index is 14.7. The molecule has 7 nitrogen and oxygen atoms in total. The third-order valence-electron chi connectivity index (χ3n) is 6.71. The Labute approximate surface area is 206 Å². The monoisotopic (exact) mass is 504 g/mol. The van der Waals surface area contributed by atoms with Gasteiger partial charge in [0.05, 0.1) is 31.1 Å². The molecular weight excluding hydrogens is 471 g/mol. The average molecular weight is 505 g/mol. The number of halogens is 1. The van der Waals surface area contributed by atoms with E-state index in [1.165, 1.54) is 17.7 Å². The number of hydrogen-bond donors (Lipinski definition) is 1. The lowest BCUT2D eigenvalue weighted by Gasteiger charge is -2.37. The number of ether oxygens (including phenoxy) is 2. The molecular formula is C26H33FN2O5S. The number of piperidine rings is 1. The maximum Gasteiger partial charge on any atom is 0.267 e. The second-order valence-electron chi connectivity index (χ2n) is 9.52. The van der Waals surface area contributed by atoms with Crippen molar-refractivity contribution in [3.8, 4) is 5.75 Å². The van der Waals surface area contributed by atoms with Crippen LogP contribution in [0.3, 0.4) is 0 Å². The molecule has 1 unspecified atom stereocenters. The zero-order chi connectivity index (χ0) is 25.0. The summed E-state index contributed by atoms with van der Waals surface area (Å²) in [5, 5.41) is 0. The molecule has 1 saturated heterocycles. The number of nitrogens with one attached hydrogen (secondary N) is 1. The Morgan fingerprint density at radius 2 is 1.83 bits per heavy atom. The van der Waals surface area contributed by atoms with Crippen molar-refractivity contribution in [2.45, 2.75) is 37.6 Å². The molecule has 190 valence electrons. The fourth-order valence-corrected chi connectivity index (χ4v) is 5.14. The molecule has 1 N–H and O–H groups in total. The van der Waals surface area contributed by atoms with Crippen molar-refractivity contribution in [2.75, 3.05) is 39.7 Å². The van der Waals surface area contributed by atoms with Crippen molar-refractivity contribution in [3.63, 3.8) is 0 Å². The molecule has 2 fully saturated rings. The number of methoxy groups -OCH3 is 1. The van der Waals surface area contributed by atoms with E-state index in [4.69, 9.17) is 9.47 Å². The van der Waals surface area contributed by atoms with Gasteiger partial charge in [0.15, 0.2) is 0 Å². The van der Waals surface area contributed by atoms with Crippen LogP contribution in [0.2, 0.25) is 0 Å². The molecule has 0 bridgehead atoms. The molecule has 2 aromatic carbocycles. The normalized spacial score (nSPS) is 18.3. The molecule has 35 heavy (non-hydrogen) atoms. The number of carbonyl (C=O) groups is 1. The van der Waals surface area contributed by atoms with E-state index in [2.05, 4.69) is 17.0 Å². The summed E-state index contributed by atoms with van der Waals surface area (Å²) >= 11 is 0. The summed E-state index contributed by atoms with van der Waals surface area (Å²) in [5.74, 6) is -0.753. The Morgan fingerprint density at radius 3 is 2.43 bits per heavy atom. The smallest absolute Gasteiger partial charge is 0.267 e. The second-order valence-corrected chi connectivity index (χ2v) is 11.3. The van der Waals surface area contributed by atoms with Crippen molar-refractivity contribution in [1.82, 2.24) is 9.62 Å². The average Bonchev–Trinajstić information content (AvgIpc) is 3.66. The quantitative estimate of drug-likeness (QED) is 0.529. The first-order valence-corrected chi connectivity index (χ1v) is 13.9. The summed E-state index contributed by atoms with van der Waals surface area (Å²) in [5.41, 5.74) is 1.74. The third-order valence-corrected chi connectivity index (χ3v) is 7.27. The van der Waals surface area contributed by atoms with Gasteiger partial charge in [-0.2, -0.15) is 0 Å². The van der Waals surface area contributed by atoms with Crippen molar-refractivity contribution in [2.24, 2.45) is 5.92 Å². The number of benzene rings is 2. The minimum atomic E-state index is -3.78. The highest BCUT2D eigenvalue weighted by molar-refractivity contribution is 7.89. The van der Waals surface area contributed by atoms with Crippen LogP contribution in [0.5, 0.6) is 5.75 Å². The highest BCUT2D eigenvalue weighted by Gasteiger charge is 2.31. The third kappa shape index (κ3) is 6.80. The molecule has 1 aliphatic carbocycles. The van der Waals surface area contributed by atoms with E-state index in [9.17, 15) is 17.6 Å². The molecule has 1 saturated carbocycles. The lowest BCUT2D eigenvalue weighted by Crippen LogP contribution is -2.39. The molecule has 0 aromatic heterocycles. The van der Waals surface area contributed by atoms with Crippen molar-refractivity contribution in [1.29, 1.82) is 0 Å².